The van der Waals surface area contributed by atoms with Crippen molar-refractivity contribution in [1.82, 2.24) is 0 Å². The minimum absolute atomic E-state index is 0.0456. The van der Waals surface area contributed by atoms with Gasteiger partial charge in [0.15, 0.2) is 0 Å². The summed E-state index contributed by atoms with van der Waals surface area (Å²) in [6, 6.07) is 16.2. The Kier molecular flexibility index (Phi) is 8.19. The monoisotopic (exact) mass is 446 g/mol. The second-order valence-electron chi connectivity index (χ2n) is 7.60. The first kappa shape index (κ1) is 23.7. The van der Waals surface area contributed by atoms with E-state index in [1.165, 1.54) is 0 Å². The topological polar surface area (TPSA) is 101 Å². The van der Waals surface area contributed by atoms with E-state index in [4.69, 9.17) is 25.4 Å². The average molecular weight is 446 g/mol. The maximum atomic E-state index is 14.0. The fourth-order valence-corrected chi connectivity index (χ4v) is 3.20. The highest BCUT2D eigenvalue weighted by molar-refractivity contribution is 5.83. The number of hydrogen-bond acceptors (Lipinski definition) is 6. The number of rotatable bonds is 12. The number of nitrogens with two attached hydrogens (primary N) is 2. The summed E-state index contributed by atoms with van der Waals surface area (Å²) in [6.07, 6.45) is -0.449. The van der Waals surface area contributed by atoms with Crippen molar-refractivity contribution in [2.75, 3.05) is 19.8 Å². The number of halogens is 2. The number of ether oxygens (including phenoxy) is 2. The van der Waals surface area contributed by atoms with Crippen molar-refractivity contribution in [3.05, 3.63) is 54.6 Å². The van der Waals surface area contributed by atoms with Crippen molar-refractivity contribution in [3.8, 4) is 17.1 Å². The molecule has 3 rings (SSSR count). The van der Waals surface area contributed by atoms with Crippen LogP contribution in [0.3, 0.4) is 0 Å². The van der Waals surface area contributed by atoms with Crippen LogP contribution < -0.4 is 16.2 Å². The van der Waals surface area contributed by atoms with Crippen LogP contribution in [0.25, 0.3) is 22.3 Å². The van der Waals surface area contributed by atoms with E-state index in [0.717, 1.165) is 16.7 Å². The van der Waals surface area contributed by atoms with Crippen LogP contribution in [0.15, 0.2) is 59.0 Å². The number of alkyl halides is 2. The van der Waals surface area contributed by atoms with Crippen LogP contribution >= 0.6 is 0 Å². The quantitative estimate of drug-likeness (QED) is 0.314. The summed E-state index contributed by atoms with van der Waals surface area (Å²) < 4.78 is 44.4. The molecule has 32 heavy (non-hydrogen) atoms. The van der Waals surface area contributed by atoms with Crippen molar-refractivity contribution < 1.29 is 27.5 Å². The number of furan rings is 1. The standard InChI is InChI=1S/C24H28F2N2O4/c25-24(26,11-5-13-31-23(29)20(28)16-27)10-4-12-30-19-9-8-18-14-21(32-22(18)15-19)17-6-2-1-3-7-17/h1-3,6-9,14-15,20H,4-5,10-13,16,27-28H2. The predicted molar refractivity (Wildman–Crippen MR) is 119 cm³/mol. The molecule has 0 aliphatic heterocycles. The lowest BCUT2D eigenvalue weighted by atomic mass is 10.1. The Morgan fingerprint density at radius 1 is 1.03 bits per heavy atom. The molecular weight excluding hydrogens is 418 g/mol. The van der Waals surface area contributed by atoms with Gasteiger partial charge in [0, 0.05) is 36.4 Å². The fourth-order valence-electron chi connectivity index (χ4n) is 3.20. The molecule has 1 unspecified atom stereocenters. The molecule has 172 valence electrons. The van der Waals surface area contributed by atoms with Crippen LogP contribution in [-0.4, -0.2) is 37.7 Å². The maximum Gasteiger partial charge on any atom is 0.324 e. The summed E-state index contributed by atoms with van der Waals surface area (Å²) in [7, 11) is 0. The van der Waals surface area contributed by atoms with Gasteiger partial charge in [-0.15, -0.1) is 0 Å². The molecule has 0 radical (unpaired) electrons. The molecule has 0 bridgehead atoms. The zero-order chi connectivity index (χ0) is 23.0. The van der Waals surface area contributed by atoms with E-state index in [1.54, 1.807) is 12.1 Å². The third-order valence-electron chi connectivity index (χ3n) is 4.99. The van der Waals surface area contributed by atoms with Gasteiger partial charge in [0.05, 0.1) is 13.2 Å². The van der Waals surface area contributed by atoms with Gasteiger partial charge >= 0.3 is 5.97 Å². The fraction of sp³-hybridized carbons (Fsp3) is 0.375. The molecular formula is C24H28F2N2O4. The van der Waals surface area contributed by atoms with Crippen molar-refractivity contribution >= 4 is 16.9 Å². The average Bonchev–Trinajstić information content (AvgIpc) is 3.23. The number of esters is 1. The Morgan fingerprint density at radius 3 is 2.47 bits per heavy atom. The molecule has 1 atom stereocenters. The minimum Gasteiger partial charge on any atom is -0.493 e. The van der Waals surface area contributed by atoms with Gasteiger partial charge in [-0.2, -0.15) is 0 Å². The Balaban J connectivity index is 1.41. The van der Waals surface area contributed by atoms with E-state index in [9.17, 15) is 13.6 Å². The Morgan fingerprint density at radius 2 is 1.75 bits per heavy atom. The van der Waals surface area contributed by atoms with Gasteiger partial charge in [-0.3, -0.25) is 4.79 Å². The van der Waals surface area contributed by atoms with Crippen LogP contribution in [0.5, 0.6) is 5.75 Å². The number of hydrogen-bond donors (Lipinski definition) is 2. The van der Waals surface area contributed by atoms with E-state index >= 15 is 0 Å². The normalized spacial score (nSPS) is 12.6. The highest BCUT2D eigenvalue weighted by Crippen LogP contribution is 2.30. The second-order valence-corrected chi connectivity index (χ2v) is 7.60. The van der Waals surface area contributed by atoms with Gasteiger partial charge < -0.3 is 25.4 Å². The molecule has 1 aromatic heterocycles. The molecule has 0 saturated heterocycles. The molecule has 2 aromatic carbocycles. The zero-order valence-corrected chi connectivity index (χ0v) is 17.8. The van der Waals surface area contributed by atoms with E-state index in [0.29, 0.717) is 11.3 Å². The lowest BCUT2D eigenvalue weighted by Gasteiger charge is -2.16. The van der Waals surface area contributed by atoms with E-state index in [2.05, 4.69) is 0 Å². The van der Waals surface area contributed by atoms with Crippen LogP contribution in [0, 0.1) is 0 Å². The third kappa shape index (κ3) is 6.77. The summed E-state index contributed by atoms with van der Waals surface area (Å²) in [5.41, 5.74) is 12.3. The van der Waals surface area contributed by atoms with Gasteiger partial charge in [-0.1, -0.05) is 30.3 Å². The molecule has 0 amide bonds. The first-order valence-corrected chi connectivity index (χ1v) is 10.6. The Labute approximate surface area is 185 Å². The summed E-state index contributed by atoms with van der Waals surface area (Å²) in [5.74, 6) is -2.21. The number of carbonyl (C=O) groups is 1. The van der Waals surface area contributed by atoms with Gasteiger partial charge in [0.2, 0.25) is 5.92 Å². The molecule has 0 saturated carbocycles. The highest BCUT2D eigenvalue weighted by atomic mass is 19.3. The molecule has 6 nitrogen and oxygen atoms in total. The summed E-state index contributed by atoms with van der Waals surface area (Å²) in [5, 5.41) is 0.941. The van der Waals surface area contributed by atoms with E-state index in [1.807, 2.05) is 42.5 Å². The number of fused-ring (bicyclic) bond motifs is 1. The molecule has 0 aliphatic rings. The molecule has 0 aliphatic carbocycles. The van der Waals surface area contributed by atoms with Crippen LogP contribution in [0.1, 0.15) is 25.7 Å². The first-order chi connectivity index (χ1) is 15.4. The second kappa shape index (κ2) is 11.1. The van der Waals surface area contributed by atoms with E-state index in [-0.39, 0.29) is 45.4 Å². The lowest BCUT2D eigenvalue weighted by molar-refractivity contribution is -0.145. The molecule has 3 aromatic rings. The molecule has 4 N–H and O–H groups in total. The molecule has 8 heteroatoms. The van der Waals surface area contributed by atoms with Gasteiger partial charge in [0.1, 0.15) is 23.1 Å². The summed E-state index contributed by atoms with van der Waals surface area (Å²) in [4.78, 5) is 11.4. The smallest absolute Gasteiger partial charge is 0.324 e. The largest absolute Gasteiger partial charge is 0.493 e. The van der Waals surface area contributed by atoms with Crippen molar-refractivity contribution in [1.29, 1.82) is 0 Å². The third-order valence-corrected chi connectivity index (χ3v) is 4.99. The van der Waals surface area contributed by atoms with Crippen molar-refractivity contribution in [3.63, 3.8) is 0 Å². The predicted octanol–water partition coefficient (Wildman–Crippen LogP) is 4.50. The SMILES string of the molecule is NCC(N)C(=O)OCCCC(F)(F)CCCOc1ccc2cc(-c3ccccc3)oc2c1. The van der Waals surface area contributed by atoms with Crippen LogP contribution in [-0.2, 0) is 9.53 Å². The summed E-state index contributed by atoms with van der Waals surface area (Å²) >= 11 is 0. The first-order valence-electron chi connectivity index (χ1n) is 10.6. The van der Waals surface area contributed by atoms with Gasteiger partial charge in [0.25, 0.3) is 0 Å². The van der Waals surface area contributed by atoms with Crippen LogP contribution in [0.4, 0.5) is 8.78 Å². The molecule has 1 heterocycles. The Hall–Kier alpha value is -2.97. The zero-order valence-electron chi connectivity index (χ0n) is 17.8. The lowest BCUT2D eigenvalue weighted by Crippen LogP contribution is -2.39. The minimum atomic E-state index is -2.86. The van der Waals surface area contributed by atoms with Crippen LogP contribution in [0.2, 0.25) is 0 Å². The molecule has 0 spiro atoms. The maximum absolute atomic E-state index is 14.0. The van der Waals surface area contributed by atoms with Crippen molar-refractivity contribution in [2.24, 2.45) is 11.5 Å². The Bertz CT molecular complexity index is 1010. The van der Waals surface area contributed by atoms with E-state index < -0.39 is 17.9 Å². The van der Waals surface area contributed by atoms with Crippen molar-refractivity contribution in [2.45, 2.75) is 37.6 Å². The van der Waals surface area contributed by atoms with Gasteiger partial charge in [-0.05, 0) is 31.0 Å². The number of benzene rings is 2. The number of carbonyl (C=O) groups excluding carboxylic acids is 1. The van der Waals surface area contributed by atoms with Gasteiger partial charge in [-0.25, -0.2) is 8.78 Å². The molecule has 0 fully saturated rings. The summed E-state index contributed by atoms with van der Waals surface area (Å²) in [6.45, 7) is 0.0104. The highest BCUT2D eigenvalue weighted by Gasteiger charge is 2.28.